The zero-order valence-electron chi connectivity index (χ0n) is 12.4. The standard InChI is InChI=1S/C16H26N2S/c1-4-9-17-16(14-7-5-13(2)6-8-14)15-12-19-11-10-18(15)3/h5-8,15-17H,4,9-12H2,1-3H3. The lowest BCUT2D eigenvalue weighted by Crippen LogP contribution is -2.47. The Bertz CT molecular complexity index is 377. The van der Waals surface area contributed by atoms with Crippen molar-refractivity contribution in [2.45, 2.75) is 32.4 Å². The molecule has 1 heterocycles. The van der Waals surface area contributed by atoms with Crippen molar-refractivity contribution >= 4 is 11.8 Å². The highest BCUT2D eigenvalue weighted by atomic mass is 32.2. The second-order valence-electron chi connectivity index (χ2n) is 5.47. The lowest BCUT2D eigenvalue weighted by molar-refractivity contribution is 0.216. The molecule has 1 aliphatic rings. The van der Waals surface area contributed by atoms with Crippen LogP contribution in [0.15, 0.2) is 24.3 Å². The van der Waals surface area contributed by atoms with Crippen LogP contribution in [-0.2, 0) is 0 Å². The Morgan fingerprint density at radius 1 is 1.37 bits per heavy atom. The van der Waals surface area contributed by atoms with Crippen LogP contribution in [0.25, 0.3) is 0 Å². The number of nitrogens with one attached hydrogen (secondary N) is 1. The van der Waals surface area contributed by atoms with Gasteiger partial charge in [0.1, 0.15) is 0 Å². The van der Waals surface area contributed by atoms with Crippen molar-refractivity contribution in [3.8, 4) is 0 Å². The predicted octanol–water partition coefficient (Wildman–Crippen LogP) is 3.08. The van der Waals surface area contributed by atoms with Gasteiger partial charge in [-0.2, -0.15) is 11.8 Å². The molecule has 1 fully saturated rings. The molecule has 2 nitrogen and oxygen atoms in total. The van der Waals surface area contributed by atoms with E-state index >= 15 is 0 Å². The molecule has 1 aromatic rings. The number of rotatable bonds is 5. The minimum absolute atomic E-state index is 0.457. The lowest BCUT2D eigenvalue weighted by Gasteiger charge is -2.38. The topological polar surface area (TPSA) is 15.3 Å². The number of hydrogen-bond acceptors (Lipinski definition) is 3. The largest absolute Gasteiger partial charge is 0.309 e. The Kier molecular flexibility index (Phi) is 5.74. The van der Waals surface area contributed by atoms with E-state index in [-0.39, 0.29) is 0 Å². The van der Waals surface area contributed by atoms with Gasteiger partial charge in [0.15, 0.2) is 0 Å². The van der Waals surface area contributed by atoms with Gasteiger partial charge in [-0.3, -0.25) is 4.90 Å². The third-order valence-electron chi connectivity index (χ3n) is 3.88. The molecule has 19 heavy (non-hydrogen) atoms. The number of likely N-dealkylation sites (N-methyl/N-ethyl adjacent to an activating group) is 1. The maximum Gasteiger partial charge on any atom is 0.0486 e. The Hall–Kier alpha value is -0.510. The molecule has 1 aliphatic heterocycles. The van der Waals surface area contributed by atoms with Crippen LogP contribution in [0.1, 0.15) is 30.5 Å². The third-order valence-corrected chi connectivity index (χ3v) is 4.93. The van der Waals surface area contributed by atoms with Gasteiger partial charge < -0.3 is 5.32 Å². The minimum atomic E-state index is 0.457. The van der Waals surface area contributed by atoms with Crippen molar-refractivity contribution in [2.24, 2.45) is 0 Å². The number of hydrogen-bond donors (Lipinski definition) is 1. The summed E-state index contributed by atoms with van der Waals surface area (Å²) in [6.45, 7) is 6.68. The van der Waals surface area contributed by atoms with E-state index in [0.717, 1.165) is 6.54 Å². The molecule has 0 bridgehead atoms. The van der Waals surface area contributed by atoms with E-state index in [1.54, 1.807) is 0 Å². The maximum atomic E-state index is 3.75. The fraction of sp³-hybridized carbons (Fsp3) is 0.625. The first-order valence-electron chi connectivity index (χ1n) is 7.30. The molecule has 0 aromatic heterocycles. The van der Waals surface area contributed by atoms with Gasteiger partial charge >= 0.3 is 0 Å². The summed E-state index contributed by atoms with van der Waals surface area (Å²) in [5, 5.41) is 3.75. The summed E-state index contributed by atoms with van der Waals surface area (Å²) in [7, 11) is 2.26. The van der Waals surface area contributed by atoms with Gasteiger partial charge in [-0.05, 0) is 32.5 Å². The Morgan fingerprint density at radius 3 is 2.74 bits per heavy atom. The highest BCUT2D eigenvalue weighted by molar-refractivity contribution is 7.99. The van der Waals surface area contributed by atoms with Crippen LogP contribution in [0.5, 0.6) is 0 Å². The molecule has 0 radical (unpaired) electrons. The lowest BCUT2D eigenvalue weighted by atomic mass is 9.98. The van der Waals surface area contributed by atoms with E-state index in [2.05, 4.69) is 67.1 Å². The Morgan fingerprint density at radius 2 is 2.11 bits per heavy atom. The van der Waals surface area contributed by atoms with Gasteiger partial charge in [-0.25, -0.2) is 0 Å². The van der Waals surface area contributed by atoms with E-state index in [0.29, 0.717) is 12.1 Å². The van der Waals surface area contributed by atoms with Crippen molar-refractivity contribution in [2.75, 3.05) is 31.6 Å². The zero-order chi connectivity index (χ0) is 13.7. The summed E-state index contributed by atoms with van der Waals surface area (Å²) >= 11 is 2.08. The van der Waals surface area contributed by atoms with Crippen molar-refractivity contribution in [3.05, 3.63) is 35.4 Å². The maximum absolute atomic E-state index is 3.75. The number of benzene rings is 1. The summed E-state index contributed by atoms with van der Waals surface area (Å²) in [6.07, 6.45) is 1.19. The molecule has 2 rings (SSSR count). The van der Waals surface area contributed by atoms with Gasteiger partial charge in [0.25, 0.3) is 0 Å². The SMILES string of the molecule is CCCNC(c1ccc(C)cc1)C1CSCCN1C. The van der Waals surface area contributed by atoms with Gasteiger partial charge in [0, 0.05) is 30.1 Å². The molecule has 2 atom stereocenters. The summed E-state index contributed by atoms with van der Waals surface area (Å²) in [5.74, 6) is 2.49. The Balaban J connectivity index is 2.16. The summed E-state index contributed by atoms with van der Waals surface area (Å²) < 4.78 is 0. The van der Waals surface area contributed by atoms with Crippen molar-refractivity contribution < 1.29 is 0 Å². The van der Waals surface area contributed by atoms with Crippen LogP contribution >= 0.6 is 11.8 Å². The van der Waals surface area contributed by atoms with E-state index in [1.165, 1.54) is 35.6 Å². The van der Waals surface area contributed by atoms with Gasteiger partial charge in [-0.15, -0.1) is 0 Å². The molecule has 0 amide bonds. The molecule has 0 aliphatic carbocycles. The smallest absolute Gasteiger partial charge is 0.0486 e. The van der Waals surface area contributed by atoms with Crippen LogP contribution in [0.4, 0.5) is 0 Å². The molecule has 106 valence electrons. The van der Waals surface area contributed by atoms with Crippen LogP contribution < -0.4 is 5.32 Å². The van der Waals surface area contributed by atoms with Crippen molar-refractivity contribution in [3.63, 3.8) is 0 Å². The molecule has 1 saturated heterocycles. The molecule has 1 aromatic carbocycles. The van der Waals surface area contributed by atoms with Gasteiger partial charge in [0.2, 0.25) is 0 Å². The molecular weight excluding hydrogens is 252 g/mol. The molecule has 2 unspecified atom stereocenters. The molecule has 1 N–H and O–H groups in total. The van der Waals surface area contributed by atoms with E-state index < -0.39 is 0 Å². The van der Waals surface area contributed by atoms with Crippen LogP contribution in [-0.4, -0.2) is 42.6 Å². The summed E-state index contributed by atoms with van der Waals surface area (Å²) in [5.41, 5.74) is 2.77. The van der Waals surface area contributed by atoms with Gasteiger partial charge in [0.05, 0.1) is 0 Å². The third kappa shape index (κ3) is 3.98. The fourth-order valence-corrected chi connectivity index (χ4v) is 3.88. The molecule has 0 spiro atoms. The second kappa shape index (κ2) is 7.32. The van der Waals surface area contributed by atoms with Crippen LogP contribution in [0.2, 0.25) is 0 Å². The average Bonchev–Trinajstić information content (AvgIpc) is 2.43. The summed E-state index contributed by atoms with van der Waals surface area (Å²) in [6, 6.07) is 10.1. The number of thioether (sulfide) groups is 1. The first kappa shape index (κ1) is 14.9. The molecule has 0 saturated carbocycles. The normalized spacial score (nSPS) is 22.4. The van der Waals surface area contributed by atoms with E-state index in [9.17, 15) is 0 Å². The minimum Gasteiger partial charge on any atom is -0.309 e. The molecular formula is C16H26N2S. The van der Waals surface area contributed by atoms with Crippen LogP contribution in [0, 0.1) is 6.92 Å². The van der Waals surface area contributed by atoms with E-state index in [4.69, 9.17) is 0 Å². The zero-order valence-corrected chi connectivity index (χ0v) is 13.2. The van der Waals surface area contributed by atoms with Crippen molar-refractivity contribution in [1.82, 2.24) is 10.2 Å². The second-order valence-corrected chi connectivity index (χ2v) is 6.62. The number of nitrogens with zero attached hydrogens (tertiary/aromatic N) is 1. The first-order chi connectivity index (χ1) is 9.22. The highest BCUT2D eigenvalue weighted by Gasteiger charge is 2.28. The van der Waals surface area contributed by atoms with Crippen molar-refractivity contribution in [1.29, 1.82) is 0 Å². The Labute approximate surface area is 122 Å². The fourth-order valence-electron chi connectivity index (χ4n) is 2.61. The quantitative estimate of drug-likeness (QED) is 0.891. The average molecular weight is 278 g/mol. The molecule has 3 heteroatoms. The monoisotopic (exact) mass is 278 g/mol. The predicted molar refractivity (Wildman–Crippen MR) is 86.0 cm³/mol. The van der Waals surface area contributed by atoms with Crippen LogP contribution in [0.3, 0.4) is 0 Å². The number of aryl methyl sites for hydroxylation is 1. The summed E-state index contributed by atoms with van der Waals surface area (Å²) in [4.78, 5) is 2.52. The highest BCUT2D eigenvalue weighted by Crippen LogP contribution is 2.27. The first-order valence-corrected chi connectivity index (χ1v) is 8.45. The van der Waals surface area contributed by atoms with Gasteiger partial charge in [-0.1, -0.05) is 36.8 Å². The van der Waals surface area contributed by atoms with E-state index in [1.807, 2.05) is 0 Å².